The number of carbonyl (C=O) groups is 2. The molecule has 7 heteroatoms. The monoisotopic (exact) mass is 472 g/mol. The zero-order chi connectivity index (χ0) is 23.8. The number of nitrogens with zero attached hydrogens (tertiary/aromatic N) is 3. The second kappa shape index (κ2) is 12.4. The van der Waals surface area contributed by atoms with Gasteiger partial charge in [-0.1, -0.05) is 57.8 Å². The first-order chi connectivity index (χ1) is 16.6. The maximum absolute atomic E-state index is 13.6. The molecule has 2 heterocycles. The number of amides is 2. The third-order valence-electron chi connectivity index (χ3n) is 8.71. The van der Waals surface area contributed by atoms with Crippen molar-refractivity contribution < 1.29 is 14.3 Å². The maximum Gasteiger partial charge on any atom is 0.224 e. The number of carbonyl (C=O) groups excluding carboxylic acids is 2. The molecule has 0 aromatic carbocycles. The highest BCUT2D eigenvalue weighted by Crippen LogP contribution is 2.33. The van der Waals surface area contributed by atoms with Gasteiger partial charge in [0.2, 0.25) is 11.8 Å². The summed E-state index contributed by atoms with van der Waals surface area (Å²) in [4.78, 5) is 31.0. The average molecular weight is 473 g/mol. The Balaban J connectivity index is 1.40. The minimum atomic E-state index is -0.823. The van der Waals surface area contributed by atoms with Crippen LogP contribution < -0.4 is 5.32 Å². The minimum Gasteiger partial charge on any atom is -0.378 e. The van der Waals surface area contributed by atoms with Crippen molar-refractivity contribution in [2.75, 3.05) is 39.4 Å². The fourth-order valence-electron chi connectivity index (χ4n) is 6.59. The van der Waals surface area contributed by atoms with E-state index < -0.39 is 5.54 Å². The van der Waals surface area contributed by atoms with Gasteiger partial charge in [-0.2, -0.15) is 5.26 Å². The molecule has 0 bridgehead atoms. The van der Waals surface area contributed by atoms with Gasteiger partial charge in [0.15, 0.2) is 0 Å². The highest BCUT2D eigenvalue weighted by Gasteiger charge is 2.43. The number of morpholine rings is 1. The molecule has 2 aliphatic carbocycles. The number of hydrogen-bond donors (Lipinski definition) is 1. The lowest BCUT2D eigenvalue weighted by Gasteiger charge is -2.32. The van der Waals surface area contributed by atoms with Crippen LogP contribution in [-0.4, -0.2) is 72.6 Å². The molecule has 0 spiro atoms. The highest BCUT2D eigenvalue weighted by atomic mass is 16.5. The van der Waals surface area contributed by atoms with E-state index in [1.165, 1.54) is 57.8 Å². The molecule has 2 saturated heterocycles. The van der Waals surface area contributed by atoms with Crippen LogP contribution in [0, 0.1) is 23.2 Å². The normalized spacial score (nSPS) is 28.7. The van der Waals surface area contributed by atoms with E-state index in [1.54, 1.807) is 0 Å². The van der Waals surface area contributed by atoms with E-state index in [0.717, 1.165) is 25.8 Å². The molecule has 2 saturated carbocycles. The number of likely N-dealkylation sites (tertiary alicyclic amines) is 1. The average Bonchev–Trinajstić information content (AvgIpc) is 3.10. The first-order valence-electron chi connectivity index (χ1n) is 13.9. The van der Waals surface area contributed by atoms with E-state index in [1.807, 2.05) is 4.90 Å². The number of nitrogens with one attached hydrogen (secondary N) is 1. The van der Waals surface area contributed by atoms with Crippen LogP contribution in [0.25, 0.3) is 0 Å². The largest absolute Gasteiger partial charge is 0.378 e. The smallest absolute Gasteiger partial charge is 0.224 e. The molecular weight excluding hydrogens is 428 g/mol. The number of nitriles is 1. The standard InChI is InChI=1S/C27H44N4O3/c28-20-27(12-13-31(21-27)24-10-6-1-2-7-11-24)29-26(33)23(18-22-8-4-3-5-9-22)19-25(32)30-14-16-34-17-15-30/h22-24H,1-19,21H2,(H,29,33). The topological polar surface area (TPSA) is 85.7 Å². The van der Waals surface area contributed by atoms with Crippen molar-refractivity contribution in [3.8, 4) is 6.07 Å². The molecule has 4 rings (SSSR count). The van der Waals surface area contributed by atoms with Gasteiger partial charge < -0.3 is 15.0 Å². The quantitative estimate of drug-likeness (QED) is 0.572. The lowest BCUT2D eigenvalue weighted by molar-refractivity contribution is -0.140. The Bertz CT molecular complexity index is 718. The lowest BCUT2D eigenvalue weighted by atomic mass is 9.81. The fourth-order valence-corrected chi connectivity index (χ4v) is 6.59. The van der Waals surface area contributed by atoms with Crippen LogP contribution in [0.3, 0.4) is 0 Å². The second-order valence-corrected chi connectivity index (χ2v) is 11.2. The van der Waals surface area contributed by atoms with Crippen LogP contribution in [0.2, 0.25) is 0 Å². The van der Waals surface area contributed by atoms with Gasteiger partial charge in [-0.05, 0) is 31.6 Å². The second-order valence-electron chi connectivity index (χ2n) is 11.2. The van der Waals surface area contributed by atoms with Gasteiger partial charge >= 0.3 is 0 Å². The summed E-state index contributed by atoms with van der Waals surface area (Å²) in [7, 11) is 0. The first-order valence-corrected chi connectivity index (χ1v) is 13.9. The van der Waals surface area contributed by atoms with Crippen LogP contribution in [0.4, 0.5) is 0 Å². The van der Waals surface area contributed by atoms with Crippen molar-refractivity contribution in [3.05, 3.63) is 0 Å². The fraction of sp³-hybridized carbons (Fsp3) is 0.889. The molecule has 2 amide bonds. The van der Waals surface area contributed by atoms with Gasteiger partial charge in [0.05, 0.1) is 19.3 Å². The van der Waals surface area contributed by atoms with Crippen molar-refractivity contribution in [1.82, 2.24) is 15.1 Å². The molecule has 4 aliphatic rings. The van der Waals surface area contributed by atoms with Gasteiger partial charge in [0.1, 0.15) is 5.54 Å². The zero-order valence-corrected chi connectivity index (χ0v) is 20.9. The summed E-state index contributed by atoms with van der Waals surface area (Å²) in [6.45, 7) is 3.84. The molecule has 7 nitrogen and oxygen atoms in total. The molecule has 2 aliphatic heterocycles. The number of hydrogen-bond acceptors (Lipinski definition) is 5. The van der Waals surface area contributed by atoms with E-state index >= 15 is 0 Å². The summed E-state index contributed by atoms with van der Waals surface area (Å²) in [5.74, 6) is 0.120. The van der Waals surface area contributed by atoms with Crippen molar-refractivity contribution >= 4 is 11.8 Å². The zero-order valence-electron chi connectivity index (χ0n) is 20.9. The van der Waals surface area contributed by atoms with Gasteiger partial charge in [-0.25, -0.2) is 0 Å². The summed E-state index contributed by atoms with van der Waals surface area (Å²) in [6.07, 6.45) is 15.2. The third kappa shape index (κ3) is 6.73. The molecule has 0 aromatic heterocycles. The Kier molecular flexibility index (Phi) is 9.24. The van der Waals surface area contributed by atoms with E-state index in [9.17, 15) is 14.9 Å². The number of rotatable bonds is 7. The van der Waals surface area contributed by atoms with E-state index in [-0.39, 0.29) is 24.2 Å². The Morgan fingerprint density at radius 2 is 1.62 bits per heavy atom. The van der Waals surface area contributed by atoms with Crippen molar-refractivity contribution in [1.29, 1.82) is 5.26 Å². The molecule has 190 valence electrons. The SMILES string of the molecule is N#CC1(NC(=O)C(CC(=O)N2CCOCC2)CC2CCCCC2)CCN(C2CCCCCC2)C1. The Labute approximate surface area is 205 Å². The molecule has 2 unspecified atom stereocenters. The van der Waals surface area contributed by atoms with Crippen LogP contribution in [0.5, 0.6) is 0 Å². The Morgan fingerprint density at radius 1 is 0.971 bits per heavy atom. The van der Waals surface area contributed by atoms with E-state index in [2.05, 4.69) is 16.3 Å². The van der Waals surface area contributed by atoms with Crippen LogP contribution in [-0.2, 0) is 14.3 Å². The molecule has 2 atom stereocenters. The van der Waals surface area contributed by atoms with Crippen LogP contribution in [0.1, 0.15) is 89.9 Å². The van der Waals surface area contributed by atoms with Crippen molar-refractivity contribution in [2.45, 2.75) is 101 Å². The summed E-state index contributed by atoms with van der Waals surface area (Å²) < 4.78 is 5.39. The van der Waals surface area contributed by atoms with Gasteiger partial charge in [-0.3, -0.25) is 14.5 Å². The predicted molar refractivity (Wildman–Crippen MR) is 131 cm³/mol. The summed E-state index contributed by atoms with van der Waals surface area (Å²) in [6, 6.07) is 3.02. The van der Waals surface area contributed by atoms with E-state index in [4.69, 9.17) is 4.74 Å². The third-order valence-corrected chi connectivity index (χ3v) is 8.71. The molecule has 0 aromatic rings. The van der Waals surface area contributed by atoms with Crippen molar-refractivity contribution in [2.24, 2.45) is 11.8 Å². The molecule has 0 radical (unpaired) electrons. The van der Waals surface area contributed by atoms with Gasteiger partial charge in [0.25, 0.3) is 0 Å². The number of ether oxygens (including phenoxy) is 1. The Morgan fingerprint density at radius 3 is 2.29 bits per heavy atom. The minimum absolute atomic E-state index is 0.0526. The highest BCUT2D eigenvalue weighted by molar-refractivity contribution is 5.86. The molecular formula is C27H44N4O3. The van der Waals surface area contributed by atoms with E-state index in [0.29, 0.717) is 51.2 Å². The van der Waals surface area contributed by atoms with Gasteiger partial charge in [0, 0.05) is 44.6 Å². The molecule has 34 heavy (non-hydrogen) atoms. The van der Waals surface area contributed by atoms with Crippen molar-refractivity contribution in [3.63, 3.8) is 0 Å². The summed E-state index contributed by atoms with van der Waals surface area (Å²) in [5, 5.41) is 13.3. The van der Waals surface area contributed by atoms with Gasteiger partial charge in [-0.15, -0.1) is 0 Å². The Hall–Kier alpha value is -1.65. The van der Waals surface area contributed by atoms with Crippen LogP contribution in [0.15, 0.2) is 0 Å². The summed E-state index contributed by atoms with van der Waals surface area (Å²) in [5.41, 5.74) is -0.823. The summed E-state index contributed by atoms with van der Waals surface area (Å²) >= 11 is 0. The molecule has 1 N–H and O–H groups in total. The molecule has 4 fully saturated rings. The lowest BCUT2D eigenvalue weighted by Crippen LogP contribution is -2.53. The first kappa shape index (κ1) is 25.4. The maximum atomic E-state index is 13.6. The van der Waals surface area contributed by atoms with Crippen LogP contribution >= 0.6 is 0 Å². The predicted octanol–water partition coefficient (Wildman–Crippen LogP) is 3.63.